The zero-order valence-electron chi connectivity index (χ0n) is 13.5. The molecule has 1 aromatic rings. The maximum atomic E-state index is 12.2. The Balaban J connectivity index is 1.87. The number of anilines is 1. The Morgan fingerprint density at radius 1 is 1.48 bits per heavy atom. The molecule has 2 rings (SSSR count). The zero-order chi connectivity index (χ0) is 16.7. The Labute approximate surface area is 141 Å². The summed E-state index contributed by atoms with van der Waals surface area (Å²) < 4.78 is 16.4. The summed E-state index contributed by atoms with van der Waals surface area (Å²) in [6.07, 6.45) is 0.819. The lowest BCUT2D eigenvalue weighted by molar-refractivity contribution is -0.0925. The molecule has 0 spiro atoms. The Bertz CT molecular complexity index is 521. The van der Waals surface area contributed by atoms with Gasteiger partial charge in [0, 0.05) is 12.7 Å². The third kappa shape index (κ3) is 5.57. The molecule has 1 N–H and O–H groups in total. The fourth-order valence-electron chi connectivity index (χ4n) is 2.16. The van der Waals surface area contributed by atoms with Crippen LogP contribution in [-0.2, 0) is 9.47 Å². The van der Waals surface area contributed by atoms with Gasteiger partial charge in [0.05, 0.1) is 44.1 Å². The Morgan fingerprint density at radius 2 is 2.30 bits per heavy atom. The third-order valence-corrected chi connectivity index (χ3v) is 3.65. The largest absolute Gasteiger partial charge is 0.492 e. The first-order valence-electron chi connectivity index (χ1n) is 7.74. The van der Waals surface area contributed by atoms with Crippen LogP contribution in [0, 0.1) is 0 Å². The number of halogens is 1. The summed E-state index contributed by atoms with van der Waals surface area (Å²) in [4.78, 5) is 13.8. The van der Waals surface area contributed by atoms with Gasteiger partial charge in [-0.15, -0.1) is 0 Å². The first kappa shape index (κ1) is 17.8. The van der Waals surface area contributed by atoms with E-state index in [0.29, 0.717) is 49.4 Å². The number of rotatable bonds is 6. The molecular weight excluding hydrogens is 320 g/mol. The molecule has 1 aliphatic rings. The number of amides is 2. The van der Waals surface area contributed by atoms with E-state index in [2.05, 4.69) is 5.32 Å². The van der Waals surface area contributed by atoms with Gasteiger partial charge in [0.1, 0.15) is 5.75 Å². The molecule has 2 amide bonds. The lowest BCUT2D eigenvalue weighted by Gasteiger charge is -2.27. The van der Waals surface area contributed by atoms with Crippen molar-refractivity contribution in [3.63, 3.8) is 0 Å². The predicted octanol–water partition coefficient (Wildman–Crippen LogP) is 3.01. The van der Waals surface area contributed by atoms with Gasteiger partial charge in [0.25, 0.3) is 0 Å². The molecule has 128 valence electrons. The summed E-state index contributed by atoms with van der Waals surface area (Å²) in [5.74, 6) is 0.618. The number of hydrogen-bond donors (Lipinski definition) is 1. The molecule has 7 heteroatoms. The van der Waals surface area contributed by atoms with Crippen molar-refractivity contribution in [2.45, 2.75) is 19.4 Å². The van der Waals surface area contributed by atoms with Crippen molar-refractivity contribution in [2.24, 2.45) is 0 Å². The van der Waals surface area contributed by atoms with Crippen LogP contribution in [0.1, 0.15) is 13.3 Å². The fourth-order valence-corrected chi connectivity index (χ4v) is 2.39. The van der Waals surface area contributed by atoms with Gasteiger partial charge in [-0.05, 0) is 24.6 Å². The molecule has 0 unspecified atom stereocenters. The second-order valence-corrected chi connectivity index (χ2v) is 5.78. The fraction of sp³-hybridized carbons (Fsp3) is 0.562. The first-order chi connectivity index (χ1) is 11.1. The minimum atomic E-state index is -0.225. The van der Waals surface area contributed by atoms with E-state index in [-0.39, 0.29) is 12.1 Å². The molecule has 0 saturated carbocycles. The molecule has 23 heavy (non-hydrogen) atoms. The van der Waals surface area contributed by atoms with E-state index in [0.717, 1.165) is 6.42 Å². The van der Waals surface area contributed by atoms with E-state index in [1.54, 1.807) is 30.1 Å². The number of nitrogens with one attached hydrogen (secondary N) is 1. The van der Waals surface area contributed by atoms with Crippen LogP contribution >= 0.6 is 11.6 Å². The molecule has 1 saturated heterocycles. The molecular formula is C16H23ClN2O4. The maximum absolute atomic E-state index is 12.2. The number of likely N-dealkylation sites (N-methyl/N-ethyl adjacent to an activating group) is 1. The van der Waals surface area contributed by atoms with E-state index < -0.39 is 0 Å². The number of ether oxygens (including phenoxy) is 3. The number of hydrogen-bond acceptors (Lipinski definition) is 4. The quantitative estimate of drug-likeness (QED) is 0.863. The van der Waals surface area contributed by atoms with E-state index in [9.17, 15) is 4.79 Å². The molecule has 0 aromatic heterocycles. The monoisotopic (exact) mass is 342 g/mol. The molecule has 1 aromatic carbocycles. The molecule has 0 radical (unpaired) electrons. The number of carbonyl (C=O) groups is 1. The van der Waals surface area contributed by atoms with Gasteiger partial charge in [-0.3, -0.25) is 0 Å². The van der Waals surface area contributed by atoms with Crippen LogP contribution in [0.5, 0.6) is 5.75 Å². The molecule has 1 aliphatic heterocycles. The lowest BCUT2D eigenvalue weighted by atomic mass is 10.3. The first-order valence-corrected chi connectivity index (χ1v) is 8.11. The molecule has 0 bridgehead atoms. The standard InChI is InChI=1S/C16H23ClN2O4/c1-3-6-23-15-5-4-12(9-14(15)17)18-16(20)19(2)10-13-11-21-7-8-22-13/h4-5,9,13H,3,6-8,10-11H2,1-2H3,(H,18,20)/t13-/m0/s1. The second-order valence-electron chi connectivity index (χ2n) is 5.37. The summed E-state index contributed by atoms with van der Waals surface area (Å²) in [7, 11) is 1.72. The van der Waals surface area contributed by atoms with Crippen LogP contribution in [0.2, 0.25) is 5.02 Å². The van der Waals surface area contributed by atoms with Gasteiger partial charge in [-0.2, -0.15) is 0 Å². The van der Waals surface area contributed by atoms with Crippen LogP contribution in [0.4, 0.5) is 10.5 Å². The average molecular weight is 343 g/mol. The van der Waals surface area contributed by atoms with E-state index in [4.69, 9.17) is 25.8 Å². The molecule has 6 nitrogen and oxygen atoms in total. The Hall–Kier alpha value is -1.50. The highest BCUT2D eigenvalue weighted by molar-refractivity contribution is 6.32. The van der Waals surface area contributed by atoms with E-state index >= 15 is 0 Å². The SMILES string of the molecule is CCCOc1ccc(NC(=O)N(C)C[C@H]2COCCO2)cc1Cl. The number of nitrogens with zero attached hydrogens (tertiary/aromatic N) is 1. The second kappa shape index (κ2) is 8.96. The van der Waals surface area contributed by atoms with Crippen molar-refractivity contribution in [3.8, 4) is 5.75 Å². The van der Waals surface area contributed by atoms with Gasteiger partial charge in [0.15, 0.2) is 0 Å². The van der Waals surface area contributed by atoms with Crippen molar-refractivity contribution < 1.29 is 19.0 Å². The molecule has 1 atom stereocenters. The predicted molar refractivity (Wildman–Crippen MR) is 89.4 cm³/mol. The lowest BCUT2D eigenvalue weighted by Crippen LogP contribution is -2.42. The van der Waals surface area contributed by atoms with Gasteiger partial charge < -0.3 is 24.4 Å². The van der Waals surface area contributed by atoms with Crippen molar-refractivity contribution in [3.05, 3.63) is 23.2 Å². The van der Waals surface area contributed by atoms with E-state index in [1.807, 2.05) is 6.92 Å². The van der Waals surface area contributed by atoms with Crippen LogP contribution < -0.4 is 10.1 Å². The summed E-state index contributed by atoms with van der Waals surface area (Å²) in [6.45, 7) is 4.79. The summed E-state index contributed by atoms with van der Waals surface area (Å²) >= 11 is 6.16. The zero-order valence-corrected chi connectivity index (χ0v) is 14.3. The smallest absolute Gasteiger partial charge is 0.321 e. The third-order valence-electron chi connectivity index (χ3n) is 3.35. The van der Waals surface area contributed by atoms with Gasteiger partial charge >= 0.3 is 6.03 Å². The molecule has 1 fully saturated rings. The number of benzene rings is 1. The van der Waals surface area contributed by atoms with Gasteiger partial charge in [-0.1, -0.05) is 18.5 Å². The normalized spacial score (nSPS) is 17.6. The number of carbonyl (C=O) groups excluding carboxylic acids is 1. The molecule has 1 heterocycles. The number of urea groups is 1. The molecule has 0 aliphatic carbocycles. The van der Waals surface area contributed by atoms with Crippen molar-refractivity contribution >= 4 is 23.3 Å². The van der Waals surface area contributed by atoms with Crippen LogP contribution in [0.15, 0.2) is 18.2 Å². The minimum Gasteiger partial charge on any atom is -0.492 e. The Morgan fingerprint density at radius 3 is 2.96 bits per heavy atom. The van der Waals surface area contributed by atoms with Gasteiger partial charge in [0.2, 0.25) is 0 Å². The highest BCUT2D eigenvalue weighted by Gasteiger charge is 2.19. The summed E-state index contributed by atoms with van der Waals surface area (Å²) in [5.41, 5.74) is 0.622. The highest BCUT2D eigenvalue weighted by atomic mass is 35.5. The Kier molecular flexibility index (Phi) is 6.95. The summed E-state index contributed by atoms with van der Waals surface area (Å²) in [6, 6.07) is 4.98. The van der Waals surface area contributed by atoms with E-state index in [1.165, 1.54) is 0 Å². The average Bonchev–Trinajstić information content (AvgIpc) is 2.55. The topological polar surface area (TPSA) is 60.0 Å². The van der Waals surface area contributed by atoms with Crippen LogP contribution in [0.3, 0.4) is 0 Å². The highest BCUT2D eigenvalue weighted by Crippen LogP contribution is 2.27. The van der Waals surface area contributed by atoms with Gasteiger partial charge in [-0.25, -0.2) is 4.79 Å². The van der Waals surface area contributed by atoms with Crippen molar-refractivity contribution in [1.82, 2.24) is 4.90 Å². The van der Waals surface area contributed by atoms with Crippen molar-refractivity contribution in [1.29, 1.82) is 0 Å². The summed E-state index contributed by atoms with van der Waals surface area (Å²) in [5, 5.41) is 3.28. The van der Waals surface area contributed by atoms with Crippen LogP contribution in [-0.4, -0.2) is 57.1 Å². The minimum absolute atomic E-state index is 0.0899. The van der Waals surface area contributed by atoms with Crippen molar-refractivity contribution in [2.75, 3.05) is 45.3 Å². The van der Waals surface area contributed by atoms with Crippen LogP contribution in [0.25, 0.3) is 0 Å². The maximum Gasteiger partial charge on any atom is 0.321 e.